The fourth-order valence-corrected chi connectivity index (χ4v) is 4.74. The molecule has 2 heterocycles. The molecule has 2 aliphatic heterocycles. The Balaban J connectivity index is 1.12. The van der Waals surface area contributed by atoms with Gasteiger partial charge in [0.05, 0.1) is 17.9 Å². The first kappa shape index (κ1) is 20.1. The molecule has 3 aliphatic rings. The van der Waals surface area contributed by atoms with Gasteiger partial charge in [-0.2, -0.15) is 0 Å². The van der Waals surface area contributed by atoms with Crippen LogP contribution in [0.5, 0.6) is 0 Å². The monoisotopic (exact) mass is 398 g/mol. The number of aryl methyl sites for hydroxylation is 1. The number of amides is 3. The maximum absolute atomic E-state index is 12.5. The average molecular weight is 399 g/mol. The van der Waals surface area contributed by atoms with Crippen molar-refractivity contribution in [3.63, 3.8) is 0 Å². The maximum Gasteiger partial charge on any atom is 0.233 e. The molecule has 1 aromatic rings. The zero-order chi connectivity index (χ0) is 20.2. The topological polar surface area (TPSA) is 66.9 Å². The predicted molar refractivity (Wildman–Crippen MR) is 108 cm³/mol. The van der Waals surface area contributed by atoms with E-state index in [2.05, 4.69) is 12.1 Å². The van der Waals surface area contributed by atoms with Gasteiger partial charge in [0.2, 0.25) is 17.7 Å². The lowest BCUT2D eigenvalue weighted by atomic mass is 9.81. The summed E-state index contributed by atoms with van der Waals surface area (Å²) in [5, 5.41) is 0. The summed E-state index contributed by atoms with van der Waals surface area (Å²) >= 11 is 0. The number of rotatable bonds is 8. The molecule has 2 saturated heterocycles. The van der Waals surface area contributed by atoms with E-state index in [0.29, 0.717) is 19.7 Å². The highest BCUT2D eigenvalue weighted by molar-refractivity contribution is 6.05. The standard InChI is InChI=1S/C23H30N2O4/c26-21(12-13-25-22(27)19-10-4-5-11-20(19)23(25)28)24-15-18(16-24)29-14-6-9-17-7-2-1-3-8-17/h1-3,7-8,18-20H,4-6,9-16H2. The van der Waals surface area contributed by atoms with Crippen LogP contribution < -0.4 is 0 Å². The van der Waals surface area contributed by atoms with Gasteiger partial charge in [0.15, 0.2) is 0 Å². The highest BCUT2D eigenvalue weighted by Gasteiger charge is 2.48. The van der Waals surface area contributed by atoms with Crippen molar-refractivity contribution in [2.24, 2.45) is 11.8 Å². The third-order valence-electron chi connectivity index (χ3n) is 6.49. The lowest BCUT2D eigenvalue weighted by Gasteiger charge is -2.39. The van der Waals surface area contributed by atoms with Crippen molar-refractivity contribution < 1.29 is 19.1 Å². The number of hydrogen-bond donors (Lipinski definition) is 0. The second-order valence-corrected chi connectivity index (χ2v) is 8.46. The van der Waals surface area contributed by atoms with Crippen molar-refractivity contribution in [1.82, 2.24) is 9.80 Å². The molecule has 6 heteroatoms. The van der Waals surface area contributed by atoms with Gasteiger partial charge in [0.25, 0.3) is 0 Å². The van der Waals surface area contributed by atoms with Crippen LogP contribution in [-0.4, -0.2) is 59.9 Å². The van der Waals surface area contributed by atoms with E-state index in [4.69, 9.17) is 4.74 Å². The van der Waals surface area contributed by atoms with Gasteiger partial charge in [-0.15, -0.1) is 0 Å². The van der Waals surface area contributed by atoms with Crippen LogP contribution in [0.1, 0.15) is 44.1 Å². The summed E-state index contributed by atoms with van der Waals surface area (Å²) in [5.74, 6) is -0.385. The fraction of sp³-hybridized carbons (Fsp3) is 0.609. The van der Waals surface area contributed by atoms with Crippen molar-refractivity contribution in [3.05, 3.63) is 35.9 Å². The highest BCUT2D eigenvalue weighted by atomic mass is 16.5. The summed E-state index contributed by atoms with van der Waals surface area (Å²) in [6.07, 6.45) is 5.96. The van der Waals surface area contributed by atoms with Gasteiger partial charge in [0, 0.05) is 32.7 Å². The van der Waals surface area contributed by atoms with Crippen molar-refractivity contribution in [2.75, 3.05) is 26.2 Å². The van der Waals surface area contributed by atoms with E-state index < -0.39 is 0 Å². The summed E-state index contributed by atoms with van der Waals surface area (Å²) in [6, 6.07) is 10.3. The van der Waals surface area contributed by atoms with E-state index in [1.165, 1.54) is 10.5 Å². The zero-order valence-electron chi connectivity index (χ0n) is 16.9. The van der Waals surface area contributed by atoms with E-state index in [-0.39, 0.29) is 48.6 Å². The first-order valence-corrected chi connectivity index (χ1v) is 10.9. The van der Waals surface area contributed by atoms with Gasteiger partial charge in [-0.25, -0.2) is 0 Å². The molecule has 1 saturated carbocycles. The van der Waals surface area contributed by atoms with Crippen LogP contribution in [-0.2, 0) is 25.5 Å². The number of likely N-dealkylation sites (tertiary alicyclic amines) is 2. The summed E-state index contributed by atoms with van der Waals surface area (Å²) in [5.41, 5.74) is 1.31. The number of benzene rings is 1. The van der Waals surface area contributed by atoms with Gasteiger partial charge >= 0.3 is 0 Å². The zero-order valence-corrected chi connectivity index (χ0v) is 16.9. The van der Waals surface area contributed by atoms with Crippen molar-refractivity contribution in [2.45, 2.75) is 51.0 Å². The minimum atomic E-state index is -0.135. The summed E-state index contributed by atoms with van der Waals surface area (Å²) in [7, 11) is 0. The predicted octanol–water partition coefficient (Wildman–Crippen LogP) is 2.41. The van der Waals surface area contributed by atoms with E-state index in [0.717, 1.165) is 38.5 Å². The molecular formula is C23H30N2O4. The fourth-order valence-electron chi connectivity index (χ4n) is 4.74. The molecule has 0 radical (unpaired) electrons. The number of imide groups is 1. The molecule has 1 aromatic carbocycles. The van der Waals surface area contributed by atoms with E-state index in [1.54, 1.807) is 4.90 Å². The van der Waals surface area contributed by atoms with E-state index >= 15 is 0 Å². The molecule has 0 bridgehead atoms. The molecule has 0 spiro atoms. The minimum Gasteiger partial charge on any atom is -0.375 e. The van der Waals surface area contributed by atoms with E-state index in [1.807, 2.05) is 18.2 Å². The minimum absolute atomic E-state index is 0.00427. The molecule has 2 unspecified atom stereocenters. The van der Waals surface area contributed by atoms with Crippen LogP contribution in [0.2, 0.25) is 0 Å². The van der Waals surface area contributed by atoms with Crippen LogP contribution in [0.4, 0.5) is 0 Å². The first-order chi connectivity index (χ1) is 14.1. The third kappa shape index (κ3) is 4.53. The maximum atomic E-state index is 12.5. The van der Waals surface area contributed by atoms with Gasteiger partial charge in [-0.1, -0.05) is 43.2 Å². The number of carbonyl (C=O) groups excluding carboxylic acids is 3. The molecule has 0 N–H and O–H groups in total. The number of hydrogen-bond acceptors (Lipinski definition) is 4. The van der Waals surface area contributed by atoms with Gasteiger partial charge in [-0.3, -0.25) is 19.3 Å². The van der Waals surface area contributed by atoms with Gasteiger partial charge < -0.3 is 9.64 Å². The Morgan fingerprint density at radius 1 is 1.00 bits per heavy atom. The van der Waals surface area contributed by atoms with Crippen molar-refractivity contribution >= 4 is 17.7 Å². The molecule has 2 atom stereocenters. The second-order valence-electron chi connectivity index (χ2n) is 8.46. The molecule has 0 aromatic heterocycles. The van der Waals surface area contributed by atoms with E-state index in [9.17, 15) is 14.4 Å². The molecule has 3 fully saturated rings. The van der Waals surface area contributed by atoms with Gasteiger partial charge in [-0.05, 0) is 31.2 Å². The smallest absolute Gasteiger partial charge is 0.233 e. The van der Waals surface area contributed by atoms with Gasteiger partial charge in [0.1, 0.15) is 0 Å². The van der Waals surface area contributed by atoms with Crippen LogP contribution in [0, 0.1) is 11.8 Å². The molecule has 156 valence electrons. The highest BCUT2D eigenvalue weighted by Crippen LogP contribution is 2.38. The lowest BCUT2D eigenvalue weighted by molar-refractivity contribution is -0.146. The number of nitrogens with zero attached hydrogens (tertiary/aromatic N) is 2. The normalized spacial score (nSPS) is 24.6. The third-order valence-corrected chi connectivity index (χ3v) is 6.49. The molecule has 3 amide bonds. The molecule has 29 heavy (non-hydrogen) atoms. The largest absolute Gasteiger partial charge is 0.375 e. The SMILES string of the molecule is O=C(CCN1C(=O)C2CCCCC2C1=O)N1CC(OCCCc2ccccc2)C1. The first-order valence-electron chi connectivity index (χ1n) is 10.9. The Hall–Kier alpha value is -2.21. The van der Waals surface area contributed by atoms with Crippen LogP contribution >= 0.6 is 0 Å². The Bertz CT molecular complexity index is 721. The van der Waals surface area contributed by atoms with Crippen LogP contribution in [0.25, 0.3) is 0 Å². The van der Waals surface area contributed by atoms with Crippen molar-refractivity contribution in [3.8, 4) is 0 Å². The Morgan fingerprint density at radius 3 is 2.31 bits per heavy atom. The Kier molecular flexibility index (Phi) is 6.28. The average Bonchev–Trinajstić information content (AvgIpc) is 2.96. The molecule has 1 aliphatic carbocycles. The molecule has 4 rings (SSSR count). The quantitative estimate of drug-likeness (QED) is 0.498. The summed E-state index contributed by atoms with van der Waals surface area (Å²) in [4.78, 5) is 40.5. The summed E-state index contributed by atoms with van der Waals surface area (Å²) < 4.78 is 5.84. The summed E-state index contributed by atoms with van der Waals surface area (Å²) in [6.45, 7) is 2.14. The number of fused-ring (bicyclic) bond motifs is 1. The van der Waals surface area contributed by atoms with Crippen LogP contribution in [0.15, 0.2) is 30.3 Å². The molecule has 6 nitrogen and oxygen atoms in total. The molecular weight excluding hydrogens is 368 g/mol. The van der Waals surface area contributed by atoms with Crippen molar-refractivity contribution in [1.29, 1.82) is 0 Å². The number of carbonyl (C=O) groups is 3. The number of ether oxygens (including phenoxy) is 1. The van der Waals surface area contributed by atoms with Crippen LogP contribution in [0.3, 0.4) is 0 Å². The Labute approximate surface area is 172 Å². The lowest BCUT2D eigenvalue weighted by Crippen LogP contribution is -2.55. The second kappa shape index (κ2) is 9.08. The Morgan fingerprint density at radius 2 is 1.66 bits per heavy atom.